The number of rotatable bonds is 0. The zero-order chi connectivity index (χ0) is 6.97. The fourth-order valence-electron chi connectivity index (χ4n) is 0.889. The van der Waals surface area contributed by atoms with E-state index in [0.717, 1.165) is 0 Å². The van der Waals surface area contributed by atoms with Crippen LogP contribution in [0.3, 0.4) is 0 Å². The highest BCUT2D eigenvalue weighted by atomic mass is 19.1. The van der Waals surface area contributed by atoms with E-state index in [-0.39, 0.29) is 5.82 Å². The maximum atomic E-state index is 12.7. The van der Waals surface area contributed by atoms with Gasteiger partial charge in [-0.1, -0.05) is 0 Å². The molecular formula is C8H4FO. The summed E-state index contributed by atoms with van der Waals surface area (Å²) < 4.78 is 17.6. The predicted molar refractivity (Wildman–Crippen MR) is 35.0 cm³/mol. The average molecular weight is 135 g/mol. The van der Waals surface area contributed by atoms with Gasteiger partial charge in [0.25, 0.3) is 0 Å². The van der Waals surface area contributed by atoms with Crippen LogP contribution in [0.4, 0.5) is 4.39 Å². The first kappa shape index (κ1) is 5.47. The van der Waals surface area contributed by atoms with Gasteiger partial charge in [-0.3, -0.25) is 0 Å². The monoisotopic (exact) mass is 135 g/mol. The molecule has 1 heterocycles. The van der Waals surface area contributed by atoms with Crippen molar-refractivity contribution in [2.45, 2.75) is 0 Å². The van der Waals surface area contributed by atoms with Crippen molar-refractivity contribution in [1.82, 2.24) is 0 Å². The SMILES string of the molecule is Fc1cc[c]c2occc12. The standard InChI is InChI=1S/C8H4FO/c9-7-2-1-3-8-6(7)4-5-10-8/h1-2,4-5H. The van der Waals surface area contributed by atoms with E-state index >= 15 is 0 Å². The summed E-state index contributed by atoms with van der Waals surface area (Å²) in [5, 5.41) is 0.488. The lowest BCUT2D eigenvalue weighted by molar-refractivity contribution is 0.610. The summed E-state index contributed by atoms with van der Waals surface area (Å²) in [6.45, 7) is 0. The summed E-state index contributed by atoms with van der Waals surface area (Å²) >= 11 is 0. The van der Waals surface area contributed by atoms with E-state index in [1.54, 1.807) is 6.07 Å². The van der Waals surface area contributed by atoms with Gasteiger partial charge in [0, 0.05) is 6.07 Å². The zero-order valence-electron chi connectivity index (χ0n) is 5.10. The van der Waals surface area contributed by atoms with E-state index in [1.165, 1.54) is 18.4 Å². The Morgan fingerprint density at radius 1 is 1.40 bits per heavy atom. The molecule has 0 aliphatic carbocycles. The number of halogens is 1. The van der Waals surface area contributed by atoms with Gasteiger partial charge in [-0.25, -0.2) is 4.39 Å². The molecule has 0 aliphatic heterocycles. The van der Waals surface area contributed by atoms with Gasteiger partial charge >= 0.3 is 0 Å². The molecule has 0 fully saturated rings. The van der Waals surface area contributed by atoms with Crippen molar-refractivity contribution >= 4 is 11.0 Å². The van der Waals surface area contributed by atoms with Crippen LogP contribution >= 0.6 is 0 Å². The lowest BCUT2D eigenvalue weighted by Gasteiger charge is -1.86. The third kappa shape index (κ3) is 0.620. The molecule has 1 aromatic carbocycles. The van der Waals surface area contributed by atoms with Crippen LogP contribution in [0.15, 0.2) is 28.9 Å². The molecule has 0 amide bonds. The Bertz CT molecular complexity index is 351. The Morgan fingerprint density at radius 2 is 2.30 bits per heavy atom. The van der Waals surface area contributed by atoms with Gasteiger partial charge in [0.1, 0.15) is 11.4 Å². The summed E-state index contributed by atoms with van der Waals surface area (Å²) in [6, 6.07) is 7.21. The molecule has 2 heteroatoms. The molecule has 0 bridgehead atoms. The van der Waals surface area contributed by atoms with Crippen LogP contribution in [0.2, 0.25) is 0 Å². The Morgan fingerprint density at radius 3 is 3.10 bits per heavy atom. The topological polar surface area (TPSA) is 13.1 Å². The number of hydrogen-bond acceptors (Lipinski definition) is 1. The van der Waals surface area contributed by atoms with Crippen LogP contribution in [0, 0.1) is 11.9 Å². The summed E-state index contributed by atoms with van der Waals surface area (Å²) in [7, 11) is 0. The van der Waals surface area contributed by atoms with Crippen LogP contribution < -0.4 is 0 Å². The second-order valence-electron chi connectivity index (χ2n) is 1.99. The van der Waals surface area contributed by atoms with Gasteiger partial charge in [0.15, 0.2) is 0 Å². The Kier molecular flexibility index (Phi) is 1.01. The molecule has 1 aromatic heterocycles. The minimum Gasteiger partial charge on any atom is -0.464 e. The molecule has 0 aliphatic rings. The maximum absolute atomic E-state index is 12.7. The molecule has 0 saturated carbocycles. The largest absolute Gasteiger partial charge is 0.464 e. The molecule has 1 nitrogen and oxygen atoms in total. The highest BCUT2D eigenvalue weighted by Gasteiger charge is 2.00. The van der Waals surface area contributed by atoms with Crippen LogP contribution in [-0.4, -0.2) is 0 Å². The molecule has 0 N–H and O–H groups in total. The number of benzene rings is 1. The van der Waals surface area contributed by atoms with Crippen molar-refractivity contribution in [3.05, 3.63) is 36.3 Å². The van der Waals surface area contributed by atoms with Crippen molar-refractivity contribution in [3.8, 4) is 0 Å². The van der Waals surface area contributed by atoms with Crippen molar-refractivity contribution in [2.75, 3.05) is 0 Å². The highest BCUT2D eigenvalue weighted by Crippen LogP contribution is 2.16. The van der Waals surface area contributed by atoms with Crippen LogP contribution in [0.5, 0.6) is 0 Å². The highest BCUT2D eigenvalue weighted by molar-refractivity contribution is 5.76. The van der Waals surface area contributed by atoms with Gasteiger partial charge in [-0.15, -0.1) is 0 Å². The summed E-state index contributed by atoms with van der Waals surface area (Å²) in [5.74, 6) is -0.262. The van der Waals surface area contributed by atoms with Crippen molar-refractivity contribution in [3.63, 3.8) is 0 Å². The first-order chi connectivity index (χ1) is 4.88. The maximum Gasteiger partial charge on any atom is 0.144 e. The predicted octanol–water partition coefficient (Wildman–Crippen LogP) is 2.37. The Balaban J connectivity index is 2.95. The molecule has 0 unspecified atom stereocenters. The van der Waals surface area contributed by atoms with Gasteiger partial charge < -0.3 is 4.42 Å². The molecule has 0 atom stereocenters. The van der Waals surface area contributed by atoms with E-state index in [2.05, 4.69) is 6.07 Å². The quantitative estimate of drug-likeness (QED) is 0.540. The van der Waals surface area contributed by atoms with Crippen LogP contribution in [0.1, 0.15) is 0 Å². The minimum atomic E-state index is -0.262. The second kappa shape index (κ2) is 1.84. The third-order valence-corrected chi connectivity index (χ3v) is 1.37. The first-order valence-corrected chi connectivity index (χ1v) is 2.91. The molecule has 49 valence electrons. The fraction of sp³-hybridized carbons (Fsp3) is 0. The summed E-state index contributed by atoms with van der Waals surface area (Å²) in [4.78, 5) is 0. The lowest BCUT2D eigenvalue weighted by Crippen LogP contribution is -1.71. The number of furan rings is 1. The minimum absolute atomic E-state index is 0.262. The fourth-order valence-corrected chi connectivity index (χ4v) is 0.889. The molecule has 0 spiro atoms. The van der Waals surface area contributed by atoms with Crippen molar-refractivity contribution in [1.29, 1.82) is 0 Å². The Labute approximate surface area is 57.1 Å². The normalized spacial score (nSPS) is 10.5. The van der Waals surface area contributed by atoms with E-state index in [4.69, 9.17) is 4.42 Å². The van der Waals surface area contributed by atoms with E-state index in [0.29, 0.717) is 11.0 Å². The molecular weight excluding hydrogens is 131 g/mol. The summed E-state index contributed by atoms with van der Waals surface area (Å²) in [5.41, 5.74) is 0.472. The average Bonchev–Trinajstić information content (AvgIpc) is 2.36. The van der Waals surface area contributed by atoms with Crippen molar-refractivity contribution < 1.29 is 8.81 Å². The molecule has 2 aromatic rings. The van der Waals surface area contributed by atoms with Crippen molar-refractivity contribution in [2.24, 2.45) is 0 Å². The smallest absolute Gasteiger partial charge is 0.144 e. The van der Waals surface area contributed by atoms with Crippen LogP contribution in [-0.2, 0) is 0 Å². The van der Waals surface area contributed by atoms with E-state index in [1.807, 2.05) is 0 Å². The first-order valence-electron chi connectivity index (χ1n) is 2.91. The van der Waals surface area contributed by atoms with E-state index in [9.17, 15) is 4.39 Å². The van der Waals surface area contributed by atoms with Gasteiger partial charge in [0.2, 0.25) is 0 Å². The van der Waals surface area contributed by atoms with Gasteiger partial charge in [-0.05, 0) is 18.2 Å². The molecule has 1 radical (unpaired) electrons. The summed E-state index contributed by atoms with van der Waals surface area (Å²) in [6.07, 6.45) is 1.45. The van der Waals surface area contributed by atoms with E-state index < -0.39 is 0 Å². The molecule has 2 rings (SSSR count). The number of fused-ring (bicyclic) bond motifs is 1. The molecule has 10 heavy (non-hydrogen) atoms. The molecule has 0 saturated heterocycles. The van der Waals surface area contributed by atoms with Gasteiger partial charge in [0.05, 0.1) is 11.6 Å². The third-order valence-electron chi connectivity index (χ3n) is 1.37. The van der Waals surface area contributed by atoms with Crippen LogP contribution in [0.25, 0.3) is 11.0 Å². The zero-order valence-corrected chi connectivity index (χ0v) is 5.10. The van der Waals surface area contributed by atoms with Gasteiger partial charge in [-0.2, -0.15) is 0 Å². The Hall–Kier alpha value is -1.31. The number of hydrogen-bond donors (Lipinski definition) is 0. The second-order valence-corrected chi connectivity index (χ2v) is 1.99. The lowest BCUT2D eigenvalue weighted by atomic mass is 10.2.